The van der Waals surface area contributed by atoms with E-state index < -0.39 is 23.3 Å². The van der Waals surface area contributed by atoms with Crippen LogP contribution in [0.4, 0.5) is 9.59 Å². The summed E-state index contributed by atoms with van der Waals surface area (Å²) in [5.41, 5.74) is 1.27. The van der Waals surface area contributed by atoms with Gasteiger partial charge in [0, 0.05) is 18.4 Å². The van der Waals surface area contributed by atoms with Crippen LogP contribution in [0.1, 0.15) is 90.2 Å². The molecule has 9 heteroatoms. The van der Waals surface area contributed by atoms with Crippen molar-refractivity contribution in [1.82, 2.24) is 5.32 Å². The van der Waals surface area contributed by atoms with Gasteiger partial charge in [-0.3, -0.25) is 14.4 Å². The van der Waals surface area contributed by atoms with Crippen LogP contribution < -0.4 is 5.32 Å². The number of oxime groups is 1. The Balaban J connectivity index is 1.38. The maximum Gasteiger partial charge on any atom is 0.509 e. The fourth-order valence-electron chi connectivity index (χ4n) is 9.06. The summed E-state index contributed by atoms with van der Waals surface area (Å²) in [5, 5.41) is 6.26. The van der Waals surface area contributed by atoms with Gasteiger partial charge in [-0.05, 0) is 118 Å². The predicted molar refractivity (Wildman–Crippen MR) is 170 cm³/mol. The standard InChI is InChI=1S/C36H46N2O7/c1-5-37-32(41)45-38-23-26-11-9-25(10-12-26)8-7-18-35-20-16-30-29(14-13-27-22-28(40)15-19-34(27,30)4)31(35)17-21-36(35,24(3)39)44-33(42)43-6-2/h9-14,22-23,29-31H,5-8,15-21H2,1-4H3,(H,37,41)/b38-23+/t29-,30-,31+,34-,35?,36+/m1/s1. The summed E-state index contributed by atoms with van der Waals surface area (Å²) in [6.45, 7) is 8.06. The first-order chi connectivity index (χ1) is 21.6. The highest BCUT2D eigenvalue weighted by Gasteiger charge is 2.69. The number of rotatable bonds is 10. The van der Waals surface area contributed by atoms with Gasteiger partial charge in [0.1, 0.15) is 0 Å². The van der Waals surface area contributed by atoms with Crippen molar-refractivity contribution in [3.63, 3.8) is 0 Å². The van der Waals surface area contributed by atoms with Gasteiger partial charge in [0.2, 0.25) is 0 Å². The van der Waals surface area contributed by atoms with Crippen molar-refractivity contribution in [2.45, 2.75) is 91.1 Å². The molecule has 2 saturated carbocycles. The molecule has 0 aliphatic heterocycles. The lowest BCUT2D eigenvalue weighted by molar-refractivity contribution is -0.168. The number of Topliss-reactive ketones (excluding diaryl/α,β-unsaturated/α-hetero) is 1. The third kappa shape index (κ3) is 6.10. The maximum absolute atomic E-state index is 13.6. The predicted octanol–water partition coefficient (Wildman–Crippen LogP) is 6.88. The molecule has 0 saturated heterocycles. The molecule has 0 radical (unpaired) electrons. The first-order valence-electron chi connectivity index (χ1n) is 16.5. The molecular weight excluding hydrogens is 572 g/mol. The number of amides is 1. The maximum atomic E-state index is 13.6. The number of carbonyl (C=O) groups excluding carboxylic acids is 4. The summed E-state index contributed by atoms with van der Waals surface area (Å²) >= 11 is 0. The molecule has 0 heterocycles. The van der Waals surface area contributed by atoms with E-state index in [1.807, 2.05) is 30.3 Å². The van der Waals surface area contributed by atoms with E-state index in [1.54, 1.807) is 20.8 Å². The number of hydrogen-bond donors (Lipinski definition) is 1. The van der Waals surface area contributed by atoms with Crippen molar-refractivity contribution >= 4 is 30.0 Å². The molecular formula is C36H46N2O7. The van der Waals surface area contributed by atoms with E-state index in [0.29, 0.717) is 25.3 Å². The van der Waals surface area contributed by atoms with Crippen molar-refractivity contribution in [2.75, 3.05) is 13.2 Å². The molecule has 1 aromatic carbocycles. The van der Waals surface area contributed by atoms with Crippen LogP contribution in [0, 0.1) is 28.6 Å². The minimum absolute atomic E-state index is 0.0706. The summed E-state index contributed by atoms with van der Waals surface area (Å²) in [6, 6.07) is 7.92. The monoisotopic (exact) mass is 618 g/mol. The lowest BCUT2D eigenvalue weighted by Gasteiger charge is -2.58. The molecule has 1 unspecified atom stereocenters. The smallest absolute Gasteiger partial charge is 0.435 e. The zero-order valence-corrected chi connectivity index (χ0v) is 26.9. The number of ether oxygens (including phenoxy) is 2. The molecule has 6 atom stereocenters. The second-order valence-corrected chi connectivity index (χ2v) is 13.3. The average Bonchev–Trinajstić information content (AvgIpc) is 3.33. The fourth-order valence-corrected chi connectivity index (χ4v) is 9.06. The Morgan fingerprint density at radius 2 is 1.82 bits per heavy atom. The van der Waals surface area contributed by atoms with Gasteiger partial charge in [-0.15, -0.1) is 0 Å². The molecule has 0 bridgehead atoms. The quantitative estimate of drug-likeness (QED) is 0.131. The lowest BCUT2D eigenvalue weighted by Crippen LogP contribution is -2.59. The van der Waals surface area contributed by atoms with Crippen LogP contribution in [-0.2, 0) is 30.3 Å². The minimum Gasteiger partial charge on any atom is -0.435 e. The second kappa shape index (κ2) is 13.3. The Kier molecular flexibility index (Phi) is 9.65. The van der Waals surface area contributed by atoms with Gasteiger partial charge in [0.25, 0.3) is 0 Å². The van der Waals surface area contributed by atoms with E-state index in [4.69, 9.17) is 14.3 Å². The van der Waals surface area contributed by atoms with Gasteiger partial charge in [-0.25, -0.2) is 9.59 Å². The number of fused-ring (bicyclic) bond motifs is 5. The number of allylic oxidation sites excluding steroid dienone is 4. The van der Waals surface area contributed by atoms with Crippen LogP contribution in [0.15, 0.2) is 53.2 Å². The van der Waals surface area contributed by atoms with E-state index in [2.05, 4.69) is 29.5 Å². The molecule has 1 amide bonds. The molecule has 1 N–H and O–H groups in total. The summed E-state index contributed by atoms with van der Waals surface area (Å²) in [7, 11) is 0. The van der Waals surface area contributed by atoms with Crippen LogP contribution in [0.3, 0.4) is 0 Å². The molecule has 0 spiro atoms. The van der Waals surface area contributed by atoms with Gasteiger partial charge in [-0.2, -0.15) is 0 Å². The highest BCUT2D eigenvalue weighted by molar-refractivity contribution is 5.92. The number of nitrogens with one attached hydrogen (secondary N) is 1. The third-order valence-corrected chi connectivity index (χ3v) is 11.2. The van der Waals surface area contributed by atoms with Crippen LogP contribution in [0.2, 0.25) is 0 Å². The highest BCUT2D eigenvalue weighted by Crippen LogP contribution is 2.68. The Morgan fingerprint density at radius 3 is 2.53 bits per heavy atom. The molecule has 0 aromatic heterocycles. The zero-order chi connectivity index (χ0) is 32.2. The molecule has 1 aromatic rings. The van der Waals surface area contributed by atoms with E-state index in [0.717, 1.165) is 61.6 Å². The number of carbonyl (C=O) groups is 4. The van der Waals surface area contributed by atoms with Gasteiger partial charge in [0.05, 0.1) is 12.8 Å². The van der Waals surface area contributed by atoms with Gasteiger partial charge < -0.3 is 14.8 Å². The van der Waals surface area contributed by atoms with Crippen molar-refractivity contribution in [2.24, 2.45) is 33.7 Å². The average molecular weight is 619 g/mol. The van der Waals surface area contributed by atoms with Crippen LogP contribution in [0.25, 0.3) is 0 Å². The van der Waals surface area contributed by atoms with Crippen LogP contribution >= 0.6 is 0 Å². The van der Waals surface area contributed by atoms with E-state index in [1.165, 1.54) is 6.21 Å². The zero-order valence-electron chi connectivity index (χ0n) is 26.9. The Hall–Kier alpha value is -3.75. The second-order valence-electron chi connectivity index (χ2n) is 13.3. The summed E-state index contributed by atoms with van der Waals surface area (Å²) in [6.07, 6.45) is 13.2. The summed E-state index contributed by atoms with van der Waals surface area (Å²) in [5.74, 6) is 0.871. The lowest BCUT2D eigenvalue weighted by atomic mass is 9.46. The normalized spacial score (nSPS) is 31.8. The molecule has 9 nitrogen and oxygen atoms in total. The van der Waals surface area contributed by atoms with Crippen molar-refractivity contribution < 1.29 is 33.5 Å². The topological polar surface area (TPSA) is 120 Å². The first kappa shape index (κ1) is 32.6. The number of ketones is 2. The largest absolute Gasteiger partial charge is 0.509 e. The number of benzene rings is 1. The van der Waals surface area contributed by atoms with Crippen LogP contribution in [0.5, 0.6) is 0 Å². The fraction of sp³-hybridized carbons (Fsp3) is 0.583. The third-order valence-electron chi connectivity index (χ3n) is 11.2. The van der Waals surface area contributed by atoms with Crippen LogP contribution in [-0.4, -0.2) is 48.8 Å². The van der Waals surface area contributed by atoms with E-state index in [9.17, 15) is 19.2 Å². The number of hydrogen-bond acceptors (Lipinski definition) is 8. The molecule has 45 heavy (non-hydrogen) atoms. The van der Waals surface area contributed by atoms with Gasteiger partial charge >= 0.3 is 12.2 Å². The number of aryl methyl sites for hydroxylation is 1. The molecule has 2 fully saturated rings. The highest BCUT2D eigenvalue weighted by atomic mass is 16.7. The molecule has 4 aliphatic carbocycles. The Labute approximate surface area is 265 Å². The first-order valence-corrected chi connectivity index (χ1v) is 16.5. The Bertz CT molecular complexity index is 1400. The minimum atomic E-state index is -1.23. The van der Waals surface area contributed by atoms with Gasteiger partial charge in [0.15, 0.2) is 17.2 Å². The van der Waals surface area contributed by atoms with E-state index >= 15 is 0 Å². The molecule has 5 rings (SSSR count). The molecule has 4 aliphatic rings. The van der Waals surface area contributed by atoms with Crippen molar-refractivity contribution in [3.8, 4) is 0 Å². The Morgan fingerprint density at radius 1 is 1.07 bits per heavy atom. The number of nitrogens with zero attached hydrogens (tertiary/aromatic N) is 1. The van der Waals surface area contributed by atoms with E-state index in [-0.39, 0.29) is 35.4 Å². The van der Waals surface area contributed by atoms with Crippen molar-refractivity contribution in [3.05, 3.63) is 59.2 Å². The summed E-state index contributed by atoms with van der Waals surface area (Å²) < 4.78 is 11.4. The summed E-state index contributed by atoms with van der Waals surface area (Å²) in [4.78, 5) is 55.0. The van der Waals surface area contributed by atoms with Crippen molar-refractivity contribution in [1.29, 1.82) is 0 Å². The SMILES string of the molecule is CCNC(=O)O/N=C/c1ccc(CCCC23CC[C@@H]4[C@@H](C=CC5=CC(=O)CC[C@]54C)[C@@H]2CC[C@]3(OC(=O)OCC)C(C)=O)cc1. The molecule has 242 valence electrons. The van der Waals surface area contributed by atoms with Gasteiger partial charge in [-0.1, -0.05) is 48.5 Å².